The van der Waals surface area contributed by atoms with Gasteiger partial charge in [0.25, 0.3) is 0 Å². The van der Waals surface area contributed by atoms with Crippen molar-refractivity contribution in [1.82, 2.24) is 15.5 Å². The summed E-state index contributed by atoms with van der Waals surface area (Å²) < 4.78 is 5.32. The van der Waals surface area contributed by atoms with E-state index in [1.54, 1.807) is 0 Å². The van der Waals surface area contributed by atoms with Gasteiger partial charge in [-0.3, -0.25) is 9.89 Å². The van der Waals surface area contributed by atoms with Gasteiger partial charge in [0.1, 0.15) is 0 Å². The second kappa shape index (κ2) is 9.46. The molecule has 0 bridgehead atoms. The van der Waals surface area contributed by atoms with Gasteiger partial charge in [-0.15, -0.1) is 0 Å². The second-order valence-electron chi connectivity index (χ2n) is 7.94. The SMILES string of the molecule is CCNC(=NCC1(C)COC1)NC1CCN(Cc2ccc(Cl)c(Cl)c2)CC1. The Labute approximate surface area is 172 Å². The lowest BCUT2D eigenvalue weighted by atomic mass is 9.89. The minimum absolute atomic E-state index is 0.200. The van der Waals surface area contributed by atoms with Crippen molar-refractivity contribution in [1.29, 1.82) is 0 Å². The van der Waals surface area contributed by atoms with Gasteiger partial charge in [0, 0.05) is 37.6 Å². The molecule has 5 nitrogen and oxygen atoms in total. The quantitative estimate of drug-likeness (QED) is 0.553. The van der Waals surface area contributed by atoms with E-state index in [0.717, 1.165) is 64.7 Å². The Bertz CT molecular complexity index is 655. The van der Waals surface area contributed by atoms with Crippen LogP contribution in [-0.4, -0.2) is 56.3 Å². The monoisotopic (exact) mass is 412 g/mol. The van der Waals surface area contributed by atoms with Crippen LogP contribution in [-0.2, 0) is 11.3 Å². The van der Waals surface area contributed by atoms with Crippen LogP contribution in [0.1, 0.15) is 32.3 Å². The van der Waals surface area contributed by atoms with Crippen LogP contribution in [0, 0.1) is 5.41 Å². The Hall–Kier alpha value is -1.01. The van der Waals surface area contributed by atoms with Crippen LogP contribution in [0.3, 0.4) is 0 Å². The minimum Gasteiger partial charge on any atom is -0.380 e. The molecule has 2 fully saturated rings. The molecule has 0 unspecified atom stereocenters. The maximum absolute atomic E-state index is 6.13. The van der Waals surface area contributed by atoms with Crippen molar-refractivity contribution in [2.45, 2.75) is 39.3 Å². The maximum atomic E-state index is 6.13. The van der Waals surface area contributed by atoms with Gasteiger partial charge in [0.15, 0.2) is 5.96 Å². The number of rotatable bonds is 6. The van der Waals surface area contributed by atoms with Gasteiger partial charge in [0.05, 0.1) is 29.8 Å². The van der Waals surface area contributed by atoms with Gasteiger partial charge in [-0.05, 0) is 37.5 Å². The molecule has 7 heteroatoms. The summed E-state index contributed by atoms with van der Waals surface area (Å²) in [5.74, 6) is 0.925. The zero-order valence-corrected chi connectivity index (χ0v) is 17.7. The van der Waals surface area contributed by atoms with Crippen molar-refractivity contribution in [2.24, 2.45) is 10.4 Å². The van der Waals surface area contributed by atoms with Gasteiger partial charge < -0.3 is 15.4 Å². The molecule has 2 N–H and O–H groups in total. The molecule has 2 heterocycles. The van der Waals surface area contributed by atoms with Gasteiger partial charge >= 0.3 is 0 Å². The van der Waals surface area contributed by atoms with E-state index >= 15 is 0 Å². The molecule has 0 spiro atoms. The minimum atomic E-state index is 0.200. The van der Waals surface area contributed by atoms with Crippen LogP contribution in [0.2, 0.25) is 10.0 Å². The first kappa shape index (κ1) is 20.7. The molecular weight excluding hydrogens is 383 g/mol. The zero-order valence-electron chi connectivity index (χ0n) is 16.2. The van der Waals surface area contributed by atoms with E-state index in [0.29, 0.717) is 16.1 Å². The highest BCUT2D eigenvalue weighted by Gasteiger charge is 2.33. The fraction of sp³-hybridized carbons (Fsp3) is 0.650. The molecule has 0 aliphatic carbocycles. The van der Waals surface area contributed by atoms with E-state index in [1.807, 2.05) is 12.1 Å². The Balaban J connectivity index is 1.47. The van der Waals surface area contributed by atoms with E-state index < -0.39 is 0 Å². The standard InChI is InChI=1S/C20H30Cl2N4O/c1-3-23-19(24-12-20(2)13-27-14-20)25-16-6-8-26(9-7-16)11-15-4-5-17(21)18(22)10-15/h4-5,10,16H,3,6-9,11-14H2,1-2H3,(H2,23,24,25). The molecule has 0 saturated carbocycles. The van der Waals surface area contributed by atoms with E-state index in [1.165, 1.54) is 5.56 Å². The summed E-state index contributed by atoms with van der Waals surface area (Å²) >= 11 is 12.1. The van der Waals surface area contributed by atoms with E-state index in [4.69, 9.17) is 32.9 Å². The van der Waals surface area contributed by atoms with Crippen molar-refractivity contribution in [3.63, 3.8) is 0 Å². The summed E-state index contributed by atoms with van der Waals surface area (Å²) in [6.45, 7) is 10.7. The number of guanidine groups is 1. The number of benzene rings is 1. The number of likely N-dealkylation sites (tertiary alicyclic amines) is 1. The fourth-order valence-electron chi connectivity index (χ4n) is 3.46. The molecule has 2 aliphatic heterocycles. The van der Waals surface area contributed by atoms with Crippen molar-refractivity contribution < 1.29 is 4.74 Å². The van der Waals surface area contributed by atoms with Crippen LogP contribution >= 0.6 is 23.2 Å². The van der Waals surface area contributed by atoms with Crippen molar-refractivity contribution in [3.05, 3.63) is 33.8 Å². The lowest BCUT2D eigenvalue weighted by molar-refractivity contribution is -0.0945. The van der Waals surface area contributed by atoms with E-state index in [2.05, 4.69) is 35.4 Å². The van der Waals surface area contributed by atoms with Gasteiger partial charge in [-0.25, -0.2) is 0 Å². The van der Waals surface area contributed by atoms with Crippen molar-refractivity contribution in [3.8, 4) is 0 Å². The maximum Gasteiger partial charge on any atom is 0.191 e. The van der Waals surface area contributed by atoms with Gasteiger partial charge in [-0.1, -0.05) is 36.2 Å². The average Bonchev–Trinajstić information content (AvgIpc) is 2.63. The summed E-state index contributed by atoms with van der Waals surface area (Å²) in [7, 11) is 0. The number of hydrogen-bond donors (Lipinski definition) is 2. The number of aliphatic imine (C=N–C) groups is 1. The van der Waals surface area contributed by atoms with Gasteiger partial charge in [0.2, 0.25) is 0 Å². The molecule has 1 aromatic rings. The van der Waals surface area contributed by atoms with Gasteiger partial charge in [-0.2, -0.15) is 0 Å². The molecule has 27 heavy (non-hydrogen) atoms. The predicted octanol–water partition coefficient (Wildman–Crippen LogP) is 3.55. The molecular formula is C20H30Cl2N4O. The summed E-state index contributed by atoms with van der Waals surface area (Å²) in [6, 6.07) is 6.35. The van der Waals surface area contributed by atoms with Crippen molar-refractivity contribution >= 4 is 29.2 Å². The summed E-state index contributed by atoms with van der Waals surface area (Å²) in [5.41, 5.74) is 1.41. The molecule has 2 saturated heterocycles. The first-order valence-electron chi connectivity index (χ1n) is 9.76. The lowest BCUT2D eigenvalue weighted by Gasteiger charge is -2.37. The Morgan fingerprint density at radius 2 is 2.00 bits per heavy atom. The Morgan fingerprint density at radius 3 is 2.59 bits per heavy atom. The third-order valence-corrected chi connectivity index (χ3v) is 5.92. The third-order valence-electron chi connectivity index (χ3n) is 5.18. The first-order valence-corrected chi connectivity index (χ1v) is 10.5. The van der Waals surface area contributed by atoms with Crippen LogP contribution in [0.15, 0.2) is 23.2 Å². The third kappa shape index (κ3) is 5.98. The molecule has 150 valence electrons. The Morgan fingerprint density at radius 1 is 1.26 bits per heavy atom. The number of nitrogens with one attached hydrogen (secondary N) is 2. The molecule has 3 rings (SSSR count). The van der Waals surface area contributed by atoms with E-state index in [9.17, 15) is 0 Å². The average molecular weight is 413 g/mol. The van der Waals surface area contributed by atoms with E-state index in [-0.39, 0.29) is 5.41 Å². The predicted molar refractivity (Wildman–Crippen MR) is 113 cm³/mol. The highest BCUT2D eigenvalue weighted by atomic mass is 35.5. The molecule has 0 amide bonds. The number of ether oxygens (including phenoxy) is 1. The normalized spacial score (nSPS) is 21.0. The molecule has 0 atom stereocenters. The zero-order chi connectivity index (χ0) is 19.3. The molecule has 2 aliphatic rings. The summed E-state index contributed by atoms with van der Waals surface area (Å²) in [6.07, 6.45) is 2.21. The lowest BCUT2D eigenvalue weighted by Crippen LogP contribution is -2.49. The second-order valence-corrected chi connectivity index (χ2v) is 8.76. The van der Waals surface area contributed by atoms with Crippen LogP contribution in [0.4, 0.5) is 0 Å². The summed E-state index contributed by atoms with van der Waals surface area (Å²) in [4.78, 5) is 7.25. The van der Waals surface area contributed by atoms with Crippen molar-refractivity contribution in [2.75, 3.05) is 39.4 Å². The number of hydrogen-bond acceptors (Lipinski definition) is 3. The topological polar surface area (TPSA) is 48.9 Å². The van der Waals surface area contributed by atoms with Crippen LogP contribution in [0.5, 0.6) is 0 Å². The highest BCUT2D eigenvalue weighted by molar-refractivity contribution is 6.42. The number of halogens is 2. The smallest absolute Gasteiger partial charge is 0.191 e. The highest BCUT2D eigenvalue weighted by Crippen LogP contribution is 2.26. The molecule has 0 radical (unpaired) electrons. The Kier molecular flexibility index (Phi) is 7.26. The van der Waals surface area contributed by atoms with Crippen LogP contribution < -0.4 is 10.6 Å². The number of nitrogens with zero attached hydrogens (tertiary/aromatic N) is 2. The van der Waals surface area contributed by atoms with Crippen LogP contribution in [0.25, 0.3) is 0 Å². The number of piperidine rings is 1. The fourth-order valence-corrected chi connectivity index (χ4v) is 3.78. The summed E-state index contributed by atoms with van der Waals surface area (Å²) in [5, 5.41) is 8.22. The molecule has 0 aromatic heterocycles. The molecule has 1 aromatic carbocycles. The first-order chi connectivity index (χ1) is 13.0. The largest absolute Gasteiger partial charge is 0.380 e.